The molecule has 0 bridgehead atoms. The van der Waals surface area contributed by atoms with Gasteiger partial charge in [0.05, 0.1) is 6.42 Å². The van der Waals surface area contributed by atoms with Gasteiger partial charge in [0, 0.05) is 37.9 Å². The average molecular weight is 393 g/mol. The fourth-order valence-corrected chi connectivity index (χ4v) is 3.51. The van der Waals surface area contributed by atoms with Crippen molar-refractivity contribution < 1.29 is 9.53 Å². The fraction of sp³-hybridized carbons (Fsp3) is 0.591. The first-order chi connectivity index (χ1) is 13.1. The highest BCUT2D eigenvalue weighted by Gasteiger charge is 2.22. The number of carbonyl (C=O) groups excluding carboxylic acids is 1. The molecule has 4 nitrogen and oxygen atoms in total. The Bertz CT molecular complexity index is 568. The van der Waals surface area contributed by atoms with Gasteiger partial charge in [0.1, 0.15) is 0 Å². The number of carbonyl (C=O) groups is 1. The topological polar surface area (TPSA) is 32.8 Å². The summed E-state index contributed by atoms with van der Waals surface area (Å²) in [6.07, 6.45) is 6.71. The normalized spacial score (nSPS) is 15.3. The molecule has 0 radical (unpaired) electrons. The predicted molar refractivity (Wildman–Crippen MR) is 112 cm³/mol. The van der Waals surface area contributed by atoms with Crippen molar-refractivity contribution in [1.82, 2.24) is 9.80 Å². The SMILES string of the molecule is C=CCN(C)CCCCOCC1CCN(C(=O)Cc2ccc(Cl)cc2)CC1. The summed E-state index contributed by atoms with van der Waals surface area (Å²) in [5, 5.41) is 0.704. The third kappa shape index (κ3) is 8.46. The molecular weight excluding hydrogens is 360 g/mol. The zero-order valence-electron chi connectivity index (χ0n) is 16.5. The third-order valence-electron chi connectivity index (χ3n) is 5.11. The molecule has 1 amide bonds. The minimum absolute atomic E-state index is 0.209. The Kier molecular flexibility index (Phi) is 9.89. The fourth-order valence-electron chi connectivity index (χ4n) is 3.39. The summed E-state index contributed by atoms with van der Waals surface area (Å²) < 4.78 is 5.86. The van der Waals surface area contributed by atoms with Gasteiger partial charge >= 0.3 is 0 Å². The summed E-state index contributed by atoms with van der Waals surface area (Å²) >= 11 is 5.90. The minimum atomic E-state index is 0.209. The van der Waals surface area contributed by atoms with E-state index >= 15 is 0 Å². The third-order valence-corrected chi connectivity index (χ3v) is 5.36. The second-order valence-electron chi connectivity index (χ2n) is 7.46. The average Bonchev–Trinajstić information content (AvgIpc) is 2.67. The molecule has 1 heterocycles. The van der Waals surface area contributed by atoms with Gasteiger partial charge in [0.15, 0.2) is 0 Å². The van der Waals surface area contributed by atoms with Crippen molar-refractivity contribution in [3.8, 4) is 0 Å². The van der Waals surface area contributed by atoms with Crippen LogP contribution in [0.5, 0.6) is 0 Å². The molecule has 0 unspecified atom stereocenters. The van der Waals surface area contributed by atoms with Crippen LogP contribution in [0, 0.1) is 5.92 Å². The number of hydrogen-bond acceptors (Lipinski definition) is 3. The van der Waals surface area contributed by atoms with Crippen LogP contribution < -0.4 is 0 Å². The molecule has 0 spiro atoms. The summed E-state index contributed by atoms with van der Waals surface area (Å²) in [5.41, 5.74) is 1.02. The van der Waals surface area contributed by atoms with Crippen LogP contribution in [0.2, 0.25) is 5.02 Å². The summed E-state index contributed by atoms with van der Waals surface area (Å²) in [4.78, 5) is 16.7. The van der Waals surface area contributed by atoms with Gasteiger partial charge in [-0.3, -0.25) is 4.79 Å². The number of benzene rings is 1. The van der Waals surface area contributed by atoms with Gasteiger partial charge in [0.25, 0.3) is 0 Å². The Hall–Kier alpha value is -1.36. The first-order valence-electron chi connectivity index (χ1n) is 9.98. The van der Waals surface area contributed by atoms with E-state index in [-0.39, 0.29) is 5.91 Å². The zero-order valence-corrected chi connectivity index (χ0v) is 17.3. The number of likely N-dealkylation sites (N-methyl/N-ethyl adjacent to an activating group) is 1. The number of hydrogen-bond donors (Lipinski definition) is 0. The van der Waals surface area contributed by atoms with Crippen LogP contribution in [0.15, 0.2) is 36.9 Å². The summed E-state index contributed by atoms with van der Waals surface area (Å²) in [5.74, 6) is 0.786. The van der Waals surface area contributed by atoms with Crippen LogP contribution in [-0.4, -0.2) is 62.1 Å². The Morgan fingerprint density at radius 1 is 1.30 bits per heavy atom. The standard InChI is InChI=1S/C22H33ClN2O2/c1-3-12-24(2)13-4-5-16-27-18-20-10-14-25(15-11-20)22(26)17-19-6-8-21(23)9-7-19/h3,6-9,20H,1,4-5,10-18H2,2H3. The molecule has 0 aliphatic carbocycles. The molecule has 150 valence electrons. The minimum Gasteiger partial charge on any atom is -0.381 e. The maximum atomic E-state index is 12.4. The maximum absolute atomic E-state index is 12.4. The number of unbranched alkanes of at least 4 members (excludes halogenated alkanes) is 1. The predicted octanol–water partition coefficient (Wildman–Crippen LogP) is 4.04. The molecule has 5 heteroatoms. The van der Waals surface area contributed by atoms with E-state index in [0.717, 1.165) is 70.6 Å². The number of likely N-dealkylation sites (tertiary alicyclic amines) is 1. The van der Waals surface area contributed by atoms with E-state index in [1.54, 1.807) is 0 Å². The van der Waals surface area contributed by atoms with Crippen molar-refractivity contribution in [3.63, 3.8) is 0 Å². The number of piperidine rings is 1. The number of rotatable bonds is 11. The van der Waals surface area contributed by atoms with E-state index in [4.69, 9.17) is 16.3 Å². The van der Waals surface area contributed by atoms with Crippen molar-refractivity contribution >= 4 is 17.5 Å². The van der Waals surface area contributed by atoms with Crippen molar-refractivity contribution in [2.45, 2.75) is 32.1 Å². The molecular formula is C22H33ClN2O2. The van der Waals surface area contributed by atoms with Crippen molar-refractivity contribution in [3.05, 3.63) is 47.5 Å². The number of amides is 1. The van der Waals surface area contributed by atoms with Crippen LogP contribution in [0.1, 0.15) is 31.2 Å². The molecule has 1 aliphatic rings. The monoisotopic (exact) mass is 392 g/mol. The largest absolute Gasteiger partial charge is 0.381 e. The molecule has 0 aromatic heterocycles. The van der Waals surface area contributed by atoms with Crippen LogP contribution in [0.3, 0.4) is 0 Å². The van der Waals surface area contributed by atoms with E-state index in [1.165, 1.54) is 0 Å². The Morgan fingerprint density at radius 2 is 2.00 bits per heavy atom. The molecule has 2 rings (SSSR count). The van der Waals surface area contributed by atoms with E-state index in [1.807, 2.05) is 35.2 Å². The highest BCUT2D eigenvalue weighted by Crippen LogP contribution is 2.19. The molecule has 27 heavy (non-hydrogen) atoms. The van der Waals surface area contributed by atoms with Crippen molar-refractivity contribution in [1.29, 1.82) is 0 Å². The number of ether oxygens (including phenoxy) is 1. The van der Waals surface area contributed by atoms with E-state index in [0.29, 0.717) is 17.4 Å². The van der Waals surface area contributed by atoms with Crippen LogP contribution in [-0.2, 0) is 16.0 Å². The lowest BCUT2D eigenvalue weighted by Crippen LogP contribution is -2.40. The second-order valence-corrected chi connectivity index (χ2v) is 7.90. The maximum Gasteiger partial charge on any atom is 0.226 e. The van der Waals surface area contributed by atoms with Crippen molar-refractivity contribution in [2.24, 2.45) is 5.92 Å². The second kappa shape index (κ2) is 12.2. The molecule has 1 aromatic rings. The first kappa shape index (κ1) is 21.9. The van der Waals surface area contributed by atoms with Gasteiger partial charge in [-0.15, -0.1) is 6.58 Å². The van der Waals surface area contributed by atoms with Crippen molar-refractivity contribution in [2.75, 3.05) is 46.4 Å². The molecule has 0 N–H and O–H groups in total. The lowest BCUT2D eigenvalue weighted by molar-refractivity contribution is -0.132. The Labute approximate surface area is 169 Å². The highest BCUT2D eigenvalue weighted by atomic mass is 35.5. The quantitative estimate of drug-likeness (QED) is 0.421. The molecule has 0 atom stereocenters. The zero-order chi connectivity index (χ0) is 19.5. The molecule has 0 saturated carbocycles. The molecule has 1 aromatic carbocycles. The smallest absolute Gasteiger partial charge is 0.226 e. The lowest BCUT2D eigenvalue weighted by Gasteiger charge is -2.32. The Morgan fingerprint density at radius 3 is 2.67 bits per heavy atom. The van der Waals surface area contributed by atoms with Gasteiger partial charge in [-0.1, -0.05) is 29.8 Å². The van der Waals surface area contributed by atoms with E-state index in [2.05, 4.69) is 18.5 Å². The summed E-state index contributed by atoms with van der Waals surface area (Å²) in [6, 6.07) is 7.53. The lowest BCUT2D eigenvalue weighted by atomic mass is 9.97. The van der Waals surface area contributed by atoms with Crippen LogP contribution >= 0.6 is 11.6 Å². The van der Waals surface area contributed by atoms with Gasteiger partial charge in [-0.2, -0.15) is 0 Å². The van der Waals surface area contributed by atoms with E-state index in [9.17, 15) is 4.79 Å². The molecule has 1 saturated heterocycles. The summed E-state index contributed by atoms with van der Waals surface area (Å²) in [7, 11) is 2.12. The Balaban J connectivity index is 1.55. The van der Waals surface area contributed by atoms with Gasteiger partial charge in [0.2, 0.25) is 5.91 Å². The number of nitrogens with zero attached hydrogens (tertiary/aromatic N) is 2. The van der Waals surface area contributed by atoms with E-state index < -0.39 is 0 Å². The number of halogens is 1. The molecule has 1 fully saturated rings. The molecule has 1 aliphatic heterocycles. The summed E-state index contributed by atoms with van der Waals surface area (Å²) in [6.45, 7) is 9.11. The first-order valence-corrected chi connectivity index (χ1v) is 10.4. The highest BCUT2D eigenvalue weighted by molar-refractivity contribution is 6.30. The van der Waals surface area contributed by atoms with Gasteiger partial charge in [-0.05, 0) is 62.9 Å². The van der Waals surface area contributed by atoms with Crippen LogP contribution in [0.25, 0.3) is 0 Å². The van der Waals surface area contributed by atoms with Gasteiger partial charge in [-0.25, -0.2) is 0 Å². The van der Waals surface area contributed by atoms with Gasteiger partial charge < -0.3 is 14.5 Å². The van der Waals surface area contributed by atoms with Crippen LogP contribution in [0.4, 0.5) is 0 Å².